The Hall–Kier alpha value is -1.52. The van der Waals surface area contributed by atoms with Gasteiger partial charge in [-0.05, 0) is 35.4 Å². The molecule has 0 saturated carbocycles. The number of rotatable bonds is 2. The lowest BCUT2D eigenvalue weighted by Crippen LogP contribution is -1.96. The molecule has 2 aromatic carbocycles. The Morgan fingerprint density at radius 3 is 2.06 bits per heavy atom. The van der Waals surface area contributed by atoms with Crippen LogP contribution in [-0.4, -0.2) is 14.7 Å². The van der Waals surface area contributed by atoms with Crippen molar-refractivity contribution in [2.24, 2.45) is 0 Å². The Balaban J connectivity index is 0.00000162. The second-order valence-electron chi connectivity index (χ2n) is 3.92. The fourth-order valence-electron chi connectivity index (χ4n) is 1.61. The fraction of sp³-hybridized carbons (Fsp3) is 0.0769. The Morgan fingerprint density at radius 1 is 0.944 bits per heavy atom. The molecule has 0 aliphatic heterocycles. The highest BCUT2D eigenvalue weighted by atomic mass is 35.5. The molecular formula is C13H14ClNO2S. The first-order chi connectivity index (χ1) is 7.97. The molecule has 96 valence electrons. The molecule has 0 unspecified atom stereocenters. The smallest absolute Gasteiger partial charge is 0.175 e. The highest BCUT2D eigenvalue weighted by molar-refractivity contribution is 7.90. The maximum Gasteiger partial charge on any atom is 0.175 e. The first-order valence-corrected chi connectivity index (χ1v) is 7.02. The summed E-state index contributed by atoms with van der Waals surface area (Å²) in [6.45, 7) is 0. The minimum atomic E-state index is -3.13. The molecule has 0 heterocycles. The quantitative estimate of drug-likeness (QED) is 0.862. The Kier molecular flexibility index (Phi) is 4.38. The second kappa shape index (κ2) is 5.42. The number of hydrogen-bond acceptors (Lipinski definition) is 3. The molecule has 0 aliphatic carbocycles. The van der Waals surface area contributed by atoms with E-state index in [2.05, 4.69) is 0 Å². The lowest BCUT2D eigenvalue weighted by atomic mass is 10.1. The van der Waals surface area contributed by atoms with Crippen LogP contribution in [0.2, 0.25) is 0 Å². The Bertz CT molecular complexity index is 636. The number of hydrogen-bond donors (Lipinski definition) is 1. The van der Waals surface area contributed by atoms with E-state index in [-0.39, 0.29) is 12.4 Å². The molecule has 0 aliphatic rings. The van der Waals surface area contributed by atoms with Crippen LogP contribution < -0.4 is 5.73 Å². The van der Waals surface area contributed by atoms with Gasteiger partial charge in [0, 0.05) is 11.9 Å². The number of sulfone groups is 1. The third kappa shape index (κ3) is 3.24. The van der Waals surface area contributed by atoms with E-state index in [4.69, 9.17) is 5.73 Å². The highest BCUT2D eigenvalue weighted by Gasteiger charge is 2.06. The van der Waals surface area contributed by atoms with Crippen molar-refractivity contribution in [2.75, 3.05) is 12.0 Å². The lowest BCUT2D eigenvalue weighted by molar-refractivity contribution is 0.602. The van der Waals surface area contributed by atoms with Crippen molar-refractivity contribution in [1.82, 2.24) is 0 Å². The molecule has 0 amide bonds. The summed E-state index contributed by atoms with van der Waals surface area (Å²) >= 11 is 0. The van der Waals surface area contributed by atoms with E-state index in [1.54, 1.807) is 24.3 Å². The Labute approximate surface area is 113 Å². The zero-order chi connectivity index (χ0) is 12.5. The monoisotopic (exact) mass is 283 g/mol. The van der Waals surface area contributed by atoms with Gasteiger partial charge in [0.05, 0.1) is 4.90 Å². The van der Waals surface area contributed by atoms with Crippen LogP contribution in [0.25, 0.3) is 11.1 Å². The molecule has 0 radical (unpaired) electrons. The van der Waals surface area contributed by atoms with Crippen molar-refractivity contribution >= 4 is 27.9 Å². The van der Waals surface area contributed by atoms with Gasteiger partial charge in [-0.2, -0.15) is 0 Å². The summed E-state index contributed by atoms with van der Waals surface area (Å²) in [4.78, 5) is 0.324. The lowest BCUT2D eigenvalue weighted by Gasteiger charge is -2.04. The predicted octanol–water partition coefficient (Wildman–Crippen LogP) is 2.76. The molecule has 5 heteroatoms. The molecule has 3 nitrogen and oxygen atoms in total. The van der Waals surface area contributed by atoms with Crippen molar-refractivity contribution in [3.63, 3.8) is 0 Å². The number of nitrogens with two attached hydrogens (primary N) is 1. The van der Waals surface area contributed by atoms with Crippen LogP contribution in [-0.2, 0) is 9.84 Å². The van der Waals surface area contributed by atoms with Crippen LogP contribution >= 0.6 is 12.4 Å². The van der Waals surface area contributed by atoms with Crippen LogP contribution in [0.1, 0.15) is 0 Å². The summed E-state index contributed by atoms with van der Waals surface area (Å²) in [5.41, 5.74) is 8.31. The molecule has 0 saturated heterocycles. The molecule has 0 spiro atoms. The van der Waals surface area contributed by atoms with E-state index < -0.39 is 9.84 Å². The van der Waals surface area contributed by atoms with Gasteiger partial charge in [-0.3, -0.25) is 0 Å². The molecule has 2 rings (SSSR count). The average molecular weight is 284 g/mol. The first-order valence-electron chi connectivity index (χ1n) is 5.13. The van der Waals surface area contributed by atoms with Crippen LogP contribution in [0, 0.1) is 0 Å². The summed E-state index contributed by atoms with van der Waals surface area (Å²) in [5.74, 6) is 0. The number of nitrogen functional groups attached to an aromatic ring is 1. The van der Waals surface area contributed by atoms with E-state index in [1.165, 1.54) is 6.26 Å². The minimum Gasteiger partial charge on any atom is -0.399 e. The normalized spacial score (nSPS) is 10.7. The van der Waals surface area contributed by atoms with Gasteiger partial charge in [-0.1, -0.05) is 24.3 Å². The second-order valence-corrected chi connectivity index (χ2v) is 5.94. The van der Waals surface area contributed by atoms with Gasteiger partial charge in [0.25, 0.3) is 0 Å². The standard InChI is InChI=1S/C13H13NO2S.ClH/c1-17(15,16)13-7-5-10(6-8-13)11-3-2-4-12(14)9-11;/h2-9H,14H2,1H3;1H. The van der Waals surface area contributed by atoms with Crippen molar-refractivity contribution in [1.29, 1.82) is 0 Å². The summed E-state index contributed by atoms with van der Waals surface area (Å²) in [5, 5.41) is 0. The molecule has 0 fully saturated rings. The van der Waals surface area contributed by atoms with Gasteiger partial charge in [0.15, 0.2) is 9.84 Å². The maximum atomic E-state index is 11.3. The number of benzene rings is 2. The van der Waals surface area contributed by atoms with Gasteiger partial charge < -0.3 is 5.73 Å². The summed E-state index contributed by atoms with van der Waals surface area (Å²) in [7, 11) is -3.13. The predicted molar refractivity (Wildman–Crippen MR) is 76.6 cm³/mol. The minimum absolute atomic E-state index is 0. The van der Waals surface area contributed by atoms with E-state index in [0.717, 1.165) is 11.1 Å². The van der Waals surface area contributed by atoms with Crippen molar-refractivity contribution < 1.29 is 8.42 Å². The van der Waals surface area contributed by atoms with Crippen LogP contribution in [0.5, 0.6) is 0 Å². The average Bonchev–Trinajstić information content (AvgIpc) is 2.28. The first kappa shape index (κ1) is 14.5. The van der Waals surface area contributed by atoms with E-state index in [0.29, 0.717) is 10.6 Å². The molecular weight excluding hydrogens is 270 g/mol. The summed E-state index contributed by atoms with van der Waals surface area (Å²) < 4.78 is 22.6. The summed E-state index contributed by atoms with van der Waals surface area (Å²) in [6.07, 6.45) is 1.20. The van der Waals surface area contributed by atoms with Crippen molar-refractivity contribution in [3.05, 3.63) is 48.5 Å². The maximum absolute atomic E-state index is 11.3. The molecule has 2 aromatic rings. The van der Waals surface area contributed by atoms with E-state index in [9.17, 15) is 8.42 Å². The van der Waals surface area contributed by atoms with Gasteiger partial charge >= 0.3 is 0 Å². The number of halogens is 1. The zero-order valence-electron chi connectivity index (χ0n) is 9.83. The van der Waals surface area contributed by atoms with Gasteiger partial charge in [0.1, 0.15) is 0 Å². The largest absolute Gasteiger partial charge is 0.399 e. The third-order valence-electron chi connectivity index (χ3n) is 2.50. The Morgan fingerprint density at radius 2 is 1.56 bits per heavy atom. The summed E-state index contributed by atoms with van der Waals surface area (Å²) in [6, 6.07) is 14.3. The van der Waals surface area contributed by atoms with Crippen LogP contribution in [0.3, 0.4) is 0 Å². The SMILES string of the molecule is CS(=O)(=O)c1ccc(-c2cccc(N)c2)cc1.Cl. The third-order valence-corrected chi connectivity index (χ3v) is 3.63. The molecule has 0 bridgehead atoms. The molecule has 18 heavy (non-hydrogen) atoms. The highest BCUT2D eigenvalue weighted by Crippen LogP contribution is 2.22. The van der Waals surface area contributed by atoms with Crippen LogP contribution in [0.15, 0.2) is 53.4 Å². The molecule has 0 atom stereocenters. The van der Waals surface area contributed by atoms with Gasteiger partial charge in [-0.25, -0.2) is 8.42 Å². The number of anilines is 1. The zero-order valence-corrected chi connectivity index (χ0v) is 11.5. The van der Waals surface area contributed by atoms with Gasteiger partial charge in [0.2, 0.25) is 0 Å². The topological polar surface area (TPSA) is 60.2 Å². The van der Waals surface area contributed by atoms with Crippen molar-refractivity contribution in [2.45, 2.75) is 4.90 Å². The fourth-order valence-corrected chi connectivity index (χ4v) is 2.24. The molecule has 0 aromatic heterocycles. The van der Waals surface area contributed by atoms with E-state index in [1.807, 2.05) is 24.3 Å². The van der Waals surface area contributed by atoms with Crippen LogP contribution in [0.4, 0.5) is 5.69 Å². The van der Waals surface area contributed by atoms with Gasteiger partial charge in [-0.15, -0.1) is 12.4 Å². The van der Waals surface area contributed by atoms with E-state index >= 15 is 0 Å². The van der Waals surface area contributed by atoms with Crippen molar-refractivity contribution in [3.8, 4) is 11.1 Å². The molecule has 2 N–H and O–H groups in total.